The van der Waals surface area contributed by atoms with E-state index >= 15 is 0 Å². The first kappa shape index (κ1) is 33.2. The second-order valence-corrected chi connectivity index (χ2v) is 11.1. The summed E-state index contributed by atoms with van der Waals surface area (Å²) in [4.78, 5) is 0. The Hall–Kier alpha value is -4.15. The third kappa shape index (κ3) is 8.16. The topological polar surface area (TPSA) is 27.7 Å². The summed E-state index contributed by atoms with van der Waals surface area (Å²) in [5, 5.41) is 0. The molecule has 46 heavy (non-hydrogen) atoms. The molecule has 5 rings (SSSR count). The molecule has 0 N–H and O–H groups in total. The van der Waals surface area contributed by atoms with E-state index in [4.69, 9.17) is 9.47 Å². The summed E-state index contributed by atoms with van der Waals surface area (Å²) < 4.78 is 115. The molecule has 1 aliphatic heterocycles. The van der Waals surface area contributed by atoms with E-state index in [2.05, 4.69) is 11.7 Å². The molecule has 0 radical (unpaired) electrons. The van der Waals surface area contributed by atoms with Crippen LogP contribution in [0.5, 0.6) is 5.75 Å². The summed E-state index contributed by atoms with van der Waals surface area (Å²) in [7, 11) is 0. The summed E-state index contributed by atoms with van der Waals surface area (Å²) in [5.74, 6) is -6.89. The fourth-order valence-corrected chi connectivity index (χ4v) is 5.14. The first-order valence-electron chi connectivity index (χ1n) is 14.9. The number of benzene rings is 4. The van der Waals surface area contributed by atoms with Crippen LogP contribution in [0.3, 0.4) is 0 Å². The van der Waals surface area contributed by atoms with Crippen molar-refractivity contribution >= 4 is 6.08 Å². The van der Waals surface area contributed by atoms with E-state index in [9.17, 15) is 30.7 Å². The van der Waals surface area contributed by atoms with Crippen molar-refractivity contribution in [1.29, 1.82) is 0 Å². The van der Waals surface area contributed by atoms with Crippen LogP contribution in [0.2, 0.25) is 0 Å². The number of halogens is 7. The van der Waals surface area contributed by atoms with Crippen molar-refractivity contribution in [3.63, 3.8) is 0 Å². The Morgan fingerprint density at radius 1 is 0.739 bits per heavy atom. The molecular weight excluding hydrogens is 613 g/mol. The lowest BCUT2D eigenvalue weighted by molar-refractivity contribution is -0.206. The van der Waals surface area contributed by atoms with Gasteiger partial charge in [-0.2, -0.15) is 8.78 Å². The van der Waals surface area contributed by atoms with Crippen LogP contribution in [0.25, 0.3) is 28.3 Å². The highest BCUT2D eigenvalue weighted by atomic mass is 19.3. The molecule has 0 amide bonds. The average Bonchev–Trinajstić information content (AvgIpc) is 3.03. The number of rotatable bonds is 11. The van der Waals surface area contributed by atoms with Gasteiger partial charge in [-0.25, -0.2) is 22.0 Å². The molecule has 1 fully saturated rings. The molecule has 4 aromatic rings. The van der Waals surface area contributed by atoms with Crippen molar-refractivity contribution in [2.75, 3.05) is 13.2 Å². The minimum Gasteiger partial charge on any atom is -0.429 e. The van der Waals surface area contributed by atoms with Gasteiger partial charge in [0.15, 0.2) is 23.7 Å². The zero-order valence-corrected chi connectivity index (χ0v) is 24.9. The van der Waals surface area contributed by atoms with Crippen LogP contribution in [0.15, 0.2) is 78.9 Å². The lowest BCUT2D eigenvalue weighted by atomic mass is 10.0. The second-order valence-electron chi connectivity index (χ2n) is 11.1. The number of hydrogen-bond donors (Lipinski definition) is 0. The van der Waals surface area contributed by atoms with E-state index in [1.807, 2.05) is 12.1 Å². The number of alkyl halides is 2. The number of unbranched alkanes of at least 4 members (excludes halogenated alkanes) is 2. The minimum absolute atomic E-state index is 0.136. The van der Waals surface area contributed by atoms with Crippen LogP contribution >= 0.6 is 0 Å². The highest BCUT2D eigenvalue weighted by Gasteiger charge is 2.29. The highest BCUT2D eigenvalue weighted by Crippen LogP contribution is 2.33. The van der Waals surface area contributed by atoms with Crippen molar-refractivity contribution < 1.29 is 44.9 Å². The monoisotopic (exact) mass is 644 g/mol. The van der Waals surface area contributed by atoms with E-state index < -0.39 is 47.2 Å². The second kappa shape index (κ2) is 14.5. The van der Waals surface area contributed by atoms with Crippen molar-refractivity contribution in [3.8, 4) is 28.0 Å². The van der Waals surface area contributed by atoms with Gasteiger partial charge in [0, 0.05) is 34.8 Å². The predicted molar refractivity (Wildman–Crippen MR) is 160 cm³/mol. The molecular formula is C36H31F7O3. The van der Waals surface area contributed by atoms with Gasteiger partial charge in [-0.1, -0.05) is 62.6 Å². The molecule has 1 heterocycles. The average molecular weight is 645 g/mol. The Morgan fingerprint density at radius 3 is 2.02 bits per heavy atom. The van der Waals surface area contributed by atoms with Crippen molar-refractivity contribution in [1.82, 2.24) is 0 Å². The van der Waals surface area contributed by atoms with Crippen LogP contribution in [0.1, 0.15) is 50.0 Å². The summed E-state index contributed by atoms with van der Waals surface area (Å²) in [6.07, 6.45) is 1.29. The molecule has 4 aromatic carbocycles. The molecule has 3 nitrogen and oxygen atoms in total. The number of hydrogen-bond acceptors (Lipinski definition) is 3. The Balaban J connectivity index is 1.20. The van der Waals surface area contributed by atoms with Crippen molar-refractivity contribution in [2.24, 2.45) is 5.92 Å². The van der Waals surface area contributed by atoms with E-state index in [0.29, 0.717) is 54.5 Å². The first-order chi connectivity index (χ1) is 22.0. The van der Waals surface area contributed by atoms with Gasteiger partial charge < -0.3 is 14.2 Å². The van der Waals surface area contributed by atoms with Gasteiger partial charge >= 0.3 is 6.11 Å². The molecule has 0 aromatic heterocycles. The largest absolute Gasteiger partial charge is 0.429 e. The molecule has 1 saturated heterocycles. The SMILES string of the molecule is CCCCCC1COC(c2ccc(-c3ccc(C=CC(F)(F)Oc4ccc(-c5cc(F)c(F)c(F)c5)c(F)c4)c(F)c3)cc2)OC1. The Labute approximate surface area is 262 Å². The smallest absolute Gasteiger partial charge is 0.419 e. The molecule has 0 atom stereocenters. The quantitative estimate of drug-likeness (QED) is 0.0924. The predicted octanol–water partition coefficient (Wildman–Crippen LogP) is 10.6. The van der Waals surface area contributed by atoms with Crippen LogP contribution < -0.4 is 4.74 Å². The maximum atomic E-state index is 14.9. The van der Waals surface area contributed by atoms with Gasteiger partial charge in [-0.05, 0) is 59.5 Å². The Kier molecular flexibility index (Phi) is 10.5. The zero-order valence-electron chi connectivity index (χ0n) is 24.9. The van der Waals surface area contributed by atoms with Gasteiger partial charge in [0.05, 0.1) is 13.2 Å². The normalized spacial score (nSPS) is 17.0. The van der Waals surface area contributed by atoms with Gasteiger partial charge in [0.1, 0.15) is 17.4 Å². The van der Waals surface area contributed by atoms with Crippen LogP contribution in [0, 0.1) is 35.0 Å². The van der Waals surface area contributed by atoms with Gasteiger partial charge in [-0.15, -0.1) is 0 Å². The minimum atomic E-state index is -3.97. The lowest BCUT2D eigenvalue weighted by Crippen LogP contribution is -2.27. The van der Waals surface area contributed by atoms with Crippen LogP contribution in [-0.4, -0.2) is 19.3 Å². The molecule has 0 spiro atoms. The maximum absolute atomic E-state index is 14.9. The van der Waals surface area contributed by atoms with Crippen molar-refractivity contribution in [3.05, 3.63) is 119 Å². The summed E-state index contributed by atoms with van der Waals surface area (Å²) in [6.45, 7) is 3.43. The zero-order chi connectivity index (χ0) is 32.8. The summed E-state index contributed by atoms with van der Waals surface area (Å²) in [6, 6.07) is 15.1. The maximum Gasteiger partial charge on any atom is 0.419 e. The van der Waals surface area contributed by atoms with Crippen LogP contribution in [0.4, 0.5) is 30.7 Å². The molecule has 1 aliphatic rings. The summed E-state index contributed by atoms with van der Waals surface area (Å²) in [5.41, 5.74) is 1.25. The van der Waals surface area contributed by atoms with E-state index in [1.165, 1.54) is 18.6 Å². The first-order valence-corrected chi connectivity index (χ1v) is 14.9. The molecule has 242 valence electrons. The third-order valence-corrected chi connectivity index (χ3v) is 7.65. The van der Waals surface area contributed by atoms with Gasteiger partial charge in [0.2, 0.25) is 0 Å². The van der Waals surface area contributed by atoms with E-state index in [-0.39, 0.29) is 16.7 Å². The fraction of sp³-hybridized carbons (Fsp3) is 0.278. The molecule has 0 saturated carbocycles. The van der Waals surface area contributed by atoms with Gasteiger partial charge in [-0.3, -0.25) is 0 Å². The molecule has 0 unspecified atom stereocenters. The number of ether oxygens (including phenoxy) is 3. The van der Waals surface area contributed by atoms with E-state index in [1.54, 1.807) is 18.2 Å². The van der Waals surface area contributed by atoms with E-state index in [0.717, 1.165) is 43.0 Å². The molecule has 10 heteroatoms. The fourth-order valence-electron chi connectivity index (χ4n) is 5.14. The highest BCUT2D eigenvalue weighted by molar-refractivity contribution is 5.67. The lowest BCUT2D eigenvalue weighted by Gasteiger charge is -2.29. The van der Waals surface area contributed by atoms with Crippen LogP contribution in [-0.2, 0) is 9.47 Å². The standard InChI is InChI=1S/C36H31F7O3/c1-2-3-4-5-22-20-44-35(45-21-22)25-9-6-23(7-10-25)26-11-8-24(30(37)16-26)14-15-36(42,43)46-28-12-13-29(31(38)19-28)27-17-32(39)34(41)33(40)18-27/h6-19,22,35H,2-5,20-21H2,1H3. The Bertz CT molecular complexity index is 1660. The molecule has 0 bridgehead atoms. The summed E-state index contributed by atoms with van der Waals surface area (Å²) >= 11 is 0. The Morgan fingerprint density at radius 2 is 1.39 bits per heavy atom. The third-order valence-electron chi connectivity index (χ3n) is 7.65. The van der Waals surface area contributed by atoms with Gasteiger partial charge in [0.25, 0.3) is 0 Å². The van der Waals surface area contributed by atoms with Crippen molar-refractivity contribution in [2.45, 2.75) is 45.0 Å². The molecule has 0 aliphatic carbocycles.